The Morgan fingerprint density at radius 3 is 2.65 bits per heavy atom. The lowest BCUT2D eigenvalue weighted by Gasteiger charge is -2.26. The minimum atomic E-state index is -4.44. The average molecular weight is 559 g/mol. The van der Waals surface area contributed by atoms with Gasteiger partial charge >= 0.3 is 7.60 Å². The lowest BCUT2D eigenvalue weighted by molar-refractivity contribution is 0.282. The van der Waals surface area contributed by atoms with Gasteiger partial charge in [-0.2, -0.15) is 10.5 Å². The Morgan fingerprint density at radius 2 is 1.95 bits per heavy atom. The molecule has 1 aliphatic heterocycles. The minimum absolute atomic E-state index is 0.00839. The van der Waals surface area contributed by atoms with Crippen LogP contribution in [0.3, 0.4) is 0 Å². The van der Waals surface area contributed by atoms with Crippen molar-refractivity contribution in [1.82, 2.24) is 19.4 Å². The van der Waals surface area contributed by atoms with Crippen LogP contribution in [0.5, 0.6) is 5.88 Å². The second-order valence-corrected chi connectivity index (χ2v) is 10.9. The zero-order chi connectivity index (χ0) is 28.3. The second-order valence-electron chi connectivity index (χ2n) is 9.27. The summed E-state index contributed by atoms with van der Waals surface area (Å²) in [5.41, 5.74) is 3.46. The van der Waals surface area contributed by atoms with E-state index in [4.69, 9.17) is 10.00 Å². The lowest BCUT2D eigenvalue weighted by atomic mass is 10.0. The predicted octanol–water partition coefficient (Wildman–Crippen LogP) is 3.64. The Labute approximate surface area is 229 Å². The van der Waals surface area contributed by atoms with E-state index in [9.17, 15) is 24.0 Å². The first kappa shape index (κ1) is 27.2. The van der Waals surface area contributed by atoms with Crippen molar-refractivity contribution in [2.24, 2.45) is 0 Å². The van der Waals surface area contributed by atoms with Crippen molar-refractivity contribution >= 4 is 29.5 Å². The number of ether oxygens (including phenoxy) is 1. The minimum Gasteiger partial charge on any atom is -0.473 e. The van der Waals surface area contributed by atoms with E-state index in [1.54, 1.807) is 22.8 Å². The Morgan fingerprint density at radius 1 is 1.10 bits per heavy atom. The highest BCUT2D eigenvalue weighted by molar-refractivity contribution is 7.60. The van der Waals surface area contributed by atoms with Crippen LogP contribution >= 0.6 is 7.60 Å². The summed E-state index contributed by atoms with van der Waals surface area (Å²) in [6.45, 7) is 1.77. The van der Waals surface area contributed by atoms with Gasteiger partial charge in [-0.25, -0.2) is 14.4 Å². The fourth-order valence-electron chi connectivity index (χ4n) is 4.56. The van der Waals surface area contributed by atoms with Crippen molar-refractivity contribution < 1.29 is 23.5 Å². The molecule has 0 amide bonds. The summed E-state index contributed by atoms with van der Waals surface area (Å²) >= 11 is 0. The van der Waals surface area contributed by atoms with Crippen LogP contribution in [0.2, 0.25) is 0 Å². The molecule has 12 heteroatoms. The SMILES string of the molecule is N#CCn1c(CN2CC=C(c3cccc(OCc4ccc(C#N)cc4F)n3)CC2)nc2ccc(P(=O)(O)O)cc21. The van der Waals surface area contributed by atoms with Gasteiger partial charge in [0.05, 0.1) is 46.3 Å². The first-order chi connectivity index (χ1) is 19.2. The molecule has 4 aromatic rings. The molecular weight excluding hydrogens is 534 g/mol. The highest BCUT2D eigenvalue weighted by Crippen LogP contribution is 2.34. The van der Waals surface area contributed by atoms with E-state index in [0.717, 1.165) is 11.3 Å². The number of halogens is 1. The van der Waals surface area contributed by atoms with E-state index in [1.807, 2.05) is 18.2 Å². The van der Waals surface area contributed by atoms with Crippen LogP contribution in [0.1, 0.15) is 29.1 Å². The van der Waals surface area contributed by atoms with Crippen LogP contribution in [-0.2, 0) is 24.3 Å². The van der Waals surface area contributed by atoms with Crippen LogP contribution in [0.4, 0.5) is 4.39 Å². The molecule has 0 saturated heterocycles. The quantitative estimate of drug-likeness (QED) is 0.309. The molecule has 0 spiro atoms. The summed E-state index contributed by atoms with van der Waals surface area (Å²) in [5, 5.41) is 18.1. The second kappa shape index (κ2) is 11.4. The number of fused-ring (bicyclic) bond motifs is 1. The Kier molecular flexibility index (Phi) is 7.74. The molecular formula is C28H24FN6O4P. The lowest BCUT2D eigenvalue weighted by Crippen LogP contribution is -2.29. The summed E-state index contributed by atoms with van der Waals surface area (Å²) in [7, 11) is -4.44. The van der Waals surface area contributed by atoms with Crippen molar-refractivity contribution in [1.29, 1.82) is 10.5 Å². The monoisotopic (exact) mass is 558 g/mol. The Hall–Kier alpha value is -4.38. The molecule has 40 heavy (non-hydrogen) atoms. The normalized spacial score (nSPS) is 14.0. The number of imidazole rings is 1. The van der Waals surface area contributed by atoms with E-state index < -0.39 is 13.4 Å². The fraction of sp³-hybridized carbons (Fsp3) is 0.214. The largest absolute Gasteiger partial charge is 0.473 e. The zero-order valence-corrected chi connectivity index (χ0v) is 22.1. The van der Waals surface area contributed by atoms with Gasteiger partial charge in [0.1, 0.15) is 24.8 Å². The standard InChI is InChI=1S/C28H24FN6O4P/c29-23-14-19(16-31)4-5-21(23)18-39-28-3-1-2-24(33-28)20-8-11-34(12-9-20)17-27-32-25-7-6-22(40(36,37)38)15-26(25)35(27)13-10-30/h1-8,14-15H,9,11-13,17-18H2,(H2,36,37,38). The Bertz CT molecular complexity index is 1750. The molecule has 0 saturated carbocycles. The molecule has 0 fully saturated rings. The summed E-state index contributed by atoms with van der Waals surface area (Å²) in [6.07, 6.45) is 2.78. The number of aromatic nitrogens is 3. The predicted molar refractivity (Wildman–Crippen MR) is 145 cm³/mol. The summed E-state index contributed by atoms with van der Waals surface area (Å²) in [4.78, 5) is 30.5. The van der Waals surface area contributed by atoms with Gasteiger partial charge in [-0.15, -0.1) is 0 Å². The van der Waals surface area contributed by atoms with Gasteiger partial charge in [0.2, 0.25) is 5.88 Å². The van der Waals surface area contributed by atoms with Crippen LogP contribution < -0.4 is 10.0 Å². The van der Waals surface area contributed by atoms with E-state index in [-0.39, 0.29) is 24.0 Å². The van der Waals surface area contributed by atoms with Crippen LogP contribution in [0, 0.1) is 28.5 Å². The molecule has 0 aliphatic carbocycles. The number of nitrogens with zero attached hydrogens (tertiary/aromatic N) is 6. The van der Waals surface area contributed by atoms with Gasteiger partial charge < -0.3 is 19.1 Å². The van der Waals surface area contributed by atoms with Crippen LogP contribution in [-0.4, -0.2) is 42.3 Å². The smallest absolute Gasteiger partial charge is 0.356 e. The van der Waals surface area contributed by atoms with Gasteiger partial charge in [-0.05, 0) is 48.4 Å². The molecule has 2 aromatic carbocycles. The third kappa shape index (κ3) is 5.94. The highest BCUT2D eigenvalue weighted by Gasteiger charge is 2.22. The molecule has 0 atom stereocenters. The molecule has 0 bridgehead atoms. The molecule has 5 rings (SSSR count). The van der Waals surface area contributed by atoms with Crippen molar-refractivity contribution in [3.05, 3.63) is 89.1 Å². The van der Waals surface area contributed by atoms with Gasteiger partial charge in [-0.1, -0.05) is 18.2 Å². The van der Waals surface area contributed by atoms with Crippen molar-refractivity contribution in [3.63, 3.8) is 0 Å². The molecule has 1 aliphatic rings. The van der Waals surface area contributed by atoms with Crippen molar-refractivity contribution in [3.8, 4) is 18.0 Å². The van der Waals surface area contributed by atoms with Gasteiger partial charge in [0.15, 0.2) is 0 Å². The molecule has 10 nitrogen and oxygen atoms in total. The molecule has 3 heterocycles. The zero-order valence-electron chi connectivity index (χ0n) is 21.2. The first-order valence-corrected chi connectivity index (χ1v) is 14.0. The molecule has 0 radical (unpaired) electrons. The number of hydrogen-bond acceptors (Lipinski definition) is 7. The van der Waals surface area contributed by atoms with Crippen LogP contribution in [0.25, 0.3) is 16.6 Å². The van der Waals surface area contributed by atoms with E-state index in [1.165, 1.54) is 24.3 Å². The number of pyridine rings is 1. The Balaban J connectivity index is 1.27. The van der Waals surface area contributed by atoms with Gasteiger partial charge in [0.25, 0.3) is 0 Å². The molecule has 0 unspecified atom stereocenters. The van der Waals surface area contributed by atoms with Crippen molar-refractivity contribution in [2.45, 2.75) is 26.1 Å². The van der Waals surface area contributed by atoms with Crippen LogP contribution in [0.15, 0.2) is 60.7 Å². The maximum Gasteiger partial charge on any atom is 0.356 e. The number of nitriles is 2. The average Bonchev–Trinajstić information content (AvgIpc) is 3.28. The first-order valence-electron chi connectivity index (χ1n) is 12.4. The van der Waals surface area contributed by atoms with E-state index in [0.29, 0.717) is 54.4 Å². The van der Waals surface area contributed by atoms with E-state index >= 15 is 0 Å². The topological polar surface area (TPSA) is 148 Å². The maximum absolute atomic E-state index is 14.2. The third-order valence-corrected chi connectivity index (χ3v) is 7.60. The molecule has 2 aromatic heterocycles. The molecule has 202 valence electrons. The van der Waals surface area contributed by atoms with Gasteiger partial charge in [-0.3, -0.25) is 9.46 Å². The van der Waals surface area contributed by atoms with Crippen molar-refractivity contribution in [2.75, 3.05) is 13.1 Å². The number of rotatable bonds is 8. The number of benzene rings is 2. The fourth-order valence-corrected chi connectivity index (χ4v) is 5.12. The maximum atomic E-state index is 14.2. The summed E-state index contributed by atoms with van der Waals surface area (Å²) in [5.74, 6) is 0.500. The summed E-state index contributed by atoms with van der Waals surface area (Å²) in [6, 6.07) is 18.0. The molecule has 2 N–H and O–H groups in total. The third-order valence-electron chi connectivity index (χ3n) is 6.64. The highest BCUT2D eigenvalue weighted by atomic mass is 31.2. The van der Waals surface area contributed by atoms with E-state index in [2.05, 4.69) is 27.0 Å². The number of hydrogen-bond donors (Lipinski definition) is 2. The summed E-state index contributed by atoms with van der Waals surface area (Å²) < 4.78 is 33.3. The van der Waals surface area contributed by atoms with Gasteiger partial charge in [0, 0.05) is 24.7 Å².